The van der Waals surface area contributed by atoms with Crippen LogP contribution in [-0.4, -0.2) is 17.8 Å². The molecule has 2 heteroatoms. The smallest absolute Gasteiger partial charge is 0.119 e. The molecular formula is C14H20O2. The van der Waals surface area contributed by atoms with Crippen LogP contribution in [0.5, 0.6) is 5.75 Å². The van der Waals surface area contributed by atoms with Crippen LogP contribution in [0.4, 0.5) is 0 Å². The fraction of sp³-hybridized carbons (Fsp3) is 0.571. The van der Waals surface area contributed by atoms with Crippen LogP contribution in [-0.2, 0) is 6.42 Å². The molecule has 1 atom stereocenters. The number of rotatable bonds is 6. The normalized spacial score (nSPS) is 17.1. The Morgan fingerprint density at radius 3 is 2.56 bits per heavy atom. The van der Waals surface area contributed by atoms with Gasteiger partial charge < -0.3 is 9.84 Å². The Hall–Kier alpha value is -1.02. The van der Waals surface area contributed by atoms with E-state index in [4.69, 9.17) is 4.74 Å². The molecule has 0 spiro atoms. The largest absolute Gasteiger partial charge is 0.493 e. The second-order valence-corrected chi connectivity index (χ2v) is 4.54. The van der Waals surface area contributed by atoms with Crippen molar-refractivity contribution in [3.8, 4) is 5.75 Å². The molecule has 0 heterocycles. The van der Waals surface area contributed by atoms with Crippen LogP contribution in [0, 0.1) is 5.92 Å². The van der Waals surface area contributed by atoms with Crippen LogP contribution >= 0.6 is 0 Å². The maximum Gasteiger partial charge on any atom is 0.119 e. The lowest BCUT2D eigenvalue weighted by molar-refractivity contribution is 0.119. The summed E-state index contributed by atoms with van der Waals surface area (Å²) >= 11 is 0. The lowest BCUT2D eigenvalue weighted by Gasteiger charge is -2.10. The molecule has 1 aromatic rings. The quantitative estimate of drug-likeness (QED) is 0.798. The van der Waals surface area contributed by atoms with E-state index in [9.17, 15) is 5.11 Å². The highest BCUT2D eigenvalue weighted by molar-refractivity contribution is 5.27. The fourth-order valence-corrected chi connectivity index (χ4v) is 1.84. The molecule has 2 nitrogen and oxygen atoms in total. The highest BCUT2D eigenvalue weighted by atomic mass is 16.5. The van der Waals surface area contributed by atoms with Crippen molar-refractivity contribution in [3.05, 3.63) is 29.8 Å². The average Bonchev–Trinajstić information content (AvgIpc) is 3.14. The van der Waals surface area contributed by atoms with E-state index in [1.165, 1.54) is 18.4 Å². The van der Waals surface area contributed by atoms with Crippen LogP contribution in [0.2, 0.25) is 0 Å². The third-order valence-corrected chi connectivity index (χ3v) is 3.18. The molecule has 0 saturated heterocycles. The lowest BCUT2D eigenvalue weighted by Crippen LogP contribution is -2.13. The molecule has 1 aliphatic carbocycles. The first-order valence-corrected chi connectivity index (χ1v) is 6.19. The Labute approximate surface area is 97.3 Å². The van der Waals surface area contributed by atoms with Crippen LogP contribution < -0.4 is 4.74 Å². The maximum absolute atomic E-state index is 9.67. The van der Waals surface area contributed by atoms with Gasteiger partial charge in [-0.15, -0.1) is 0 Å². The second kappa shape index (κ2) is 5.35. The molecule has 0 amide bonds. The van der Waals surface area contributed by atoms with Gasteiger partial charge in [0.1, 0.15) is 5.75 Å². The molecule has 1 saturated carbocycles. The first-order chi connectivity index (χ1) is 7.79. The fourth-order valence-electron chi connectivity index (χ4n) is 1.84. The average molecular weight is 220 g/mol. The Morgan fingerprint density at radius 2 is 2.00 bits per heavy atom. The van der Waals surface area contributed by atoms with Gasteiger partial charge in [0.25, 0.3) is 0 Å². The summed E-state index contributed by atoms with van der Waals surface area (Å²) in [6.45, 7) is 2.75. The van der Waals surface area contributed by atoms with Gasteiger partial charge >= 0.3 is 0 Å². The molecule has 0 bridgehead atoms. The summed E-state index contributed by atoms with van der Waals surface area (Å²) in [5.41, 5.74) is 1.32. The monoisotopic (exact) mass is 220 g/mol. The van der Waals surface area contributed by atoms with Crippen molar-refractivity contribution < 1.29 is 9.84 Å². The molecule has 0 aromatic heterocycles. The van der Waals surface area contributed by atoms with Crippen molar-refractivity contribution in [2.75, 3.05) is 6.61 Å². The van der Waals surface area contributed by atoms with E-state index in [1.807, 2.05) is 12.1 Å². The zero-order valence-corrected chi connectivity index (χ0v) is 9.86. The summed E-state index contributed by atoms with van der Waals surface area (Å²) in [6.07, 6.45) is 4.02. The molecule has 2 rings (SSSR count). The molecule has 1 aromatic carbocycles. The van der Waals surface area contributed by atoms with E-state index >= 15 is 0 Å². The van der Waals surface area contributed by atoms with Gasteiger partial charge in [0.05, 0.1) is 12.7 Å². The third-order valence-electron chi connectivity index (χ3n) is 3.18. The molecule has 16 heavy (non-hydrogen) atoms. The predicted octanol–water partition coefficient (Wildman–Crippen LogP) is 2.79. The Kier molecular flexibility index (Phi) is 3.83. The van der Waals surface area contributed by atoms with Crippen LogP contribution in [0.1, 0.15) is 31.7 Å². The third kappa shape index (κ3) is 3.24. The van der Waals surface area contributed by atoms with Crippen molar-refractivity contribution in [2.45, 2.75) is 38.7 Å². The first kappa shape index (κ1) is 11.5. The molecule has 0 radical (unpaired) electrons. The van der Waals surface area contributed by atoms with E-state index in [0.29, 0.717) is 12.5 Å². The minimum absolute atomic E-state index is 0.157. The standard InChI is InChI=1S/C14H20O2/c1-2-11-3-7-13(8-4-11)16-10-9-14(15)12-5-6-12/h3-4,7-8,12,14-15H,2,5-6,9-10H2,1H3. The molecular weight excluding hydrogens is 200 g/mol. The number of aliphatic hydroxyl groups is 1. The highest BCUT2D eigenvalue weighted by Crippen LogP contribution is 2.33. The van der Waals surface area contributed by atoms with Gasteiger partial charge in [-0.25, -0.2) is 0 Å². The predicted molar refractivity (Wildman–Crippen MR) is 64.7 cm³/mol. The van der Waals surface area contributed by atoms with Gasteiger partial charge in [-0.3, -0.25) is 0 Å². The van der Waals surface area contributed by atoms with Crippen LogP contribution in [0.3, 0.4) is 0 Å². The van der Waals surface area contributed by atoms with Crippen molar-refractivity contribution in [2.24, 2.45) is 5.92 Å². The molecule has 1 fully saturated rings. The molecule has 1 aliphatic rings. The van der Waals surface area contributed by atoms with Crippen LogP contribution in [0.25, 0.3) is 0 Å². The van der Waals surface area contributed by atoms with E-state index in [-0.39, 0.29) is 6.10 Å². The zero-order chi connectivity index (χ0) is 11.4. The minimum atomic E-state index is -0.157. The summed E-state index contributed by atoms with van der Waals surface area (Å²) in [5.74, 6) is 1.45. The number of aryl methyl sites for hydroxylation is 1. The number of ether oxygens (including phenoxy) is 1. The molecule has 1 unspecified atom stereocenters. The summed E-state index contributed by atoms with van der Waals surface area (Å²) in [4.78, 5) is 0. The van der Waals surface area contributed by atoms with E-state index < -0.39 is 0 Å². The van der Waals surface area contributed by atoms with Gasteiger partial charge in [0.2, 0.25) is 0 Å². The van der Waals surface area contributed by atoms with E-state index in [2.05, 4.69) is 19.1 Å². The van der Waals surface area contributed by atoms with Gasteiger partial charge in [-0.05, 0) is 42.9 Å². The van der Waals surface area contributed by atoms with Crippen molar-refractivity contribution in [1.29, 1.82) is 0 Å². The topological polar surface area (TPSA) is 29.5 Å². The van der Waals surface area contributed by atoms with E-state index in [1.54, 1.807) is 0 Å². The van der Waals surface area contributed by atoms with Crippen molar-refractivity contribution in [1.82, 2.24) is 0 Å². The van der Waals surface area contributed by atoms with Crippen LogP contribution in [0.15, 0.2) is 24.3 Å². The molecule has 0 aliphatic heterocycles. The summed E-state index contributed by atoms with van der Waals surface area (Å²) in [7, 11) is 0. The number of hydrogen-bond acceptors (Lipinski definition) is 2. The van der Waals surface area contributed by atoms with Gasteiger partial charge in [-0.1, -0.05) is 19.1 Å². The number of hydrogen-bond donors (Lipinski definition) is 1. The lowest BCUT2D eigenvalue weighted by atomic mass is 10.1. The molecule has 88 valence electrons. The second-order valence-electron chi connectivity index (χ2n) is 4.54. The minimum Gasteiger partial charge on any atom is -0.493 e. The maximum atomic E-state index is 9.67. The highest BCUT2D eigenvalue weighted by Gasteiger charge is 2.29. The Balaban J connectivity index is 1.71. The van der Waals surface area contributed by atoms with Crippen molar-refractivity contribution >= 4 is 0 Å². The Morgan fingerprint density at radius 1 is 1.31 bits per heavy atom. The van der Waals surface area contributed by atoms with Gasteiger partial charge in [0, 0.05) is 6.42 Å². The summed E-state index contributed by atoms with van der Waals surface area (Å²) in [5, 5.41) is 9.67. The zero-order valence-electron chi connectivity index (χ0n) is 9.86. The van der Waals surface area contributed by atoms with Gasteiger partial charge in [-0.2, -0.15) is 0 Å². The van der Waals surface area contributed by atoms with Crippen molar-refractivity contribution in [3.63, 3.8) is 0 Å². The first-order valence-electron chi connectivity index (χ1n) is 6.19. The number of benzene rings is 1. The summed E-state index contributed by atoms with van der Waals surface area (Å²) < 4.78 is 5.59. The Bertz CT molecular complexity index is 314. The summed E-state index contributed by atoms with van der Waals surface area (Å²) in [6, 6.07) is 8.18. The molecule has 1 N–H and O–H groups in total. The SMILES string of the molecule is CCc1ccc(OCCC(O)C2CC2)cc1. The van der Waals surface area contributed by atoms with Gasteiger partial charge in [0.15, 0.2) is 0 Å². The van der Waals surface area contributed by atoms with E-state index in [0.717, 1.165) is 18.6 Å². The number of aliphatic hydroxyl groups excluding tert-OH is 1.